The summed E-state index contributed by atoms with van der Waals surface area (Å²) in [5, 5.41) is 7.15. The minimum Gasteiger partial charge on any atom is -0.372 e. The van der Waals surface area contributed by atoms with Crippen molar-refractivity contribution in [2.24, 2.45) is 7.05 Å². The highest BCUT2D eigenvalue weighted by Crippen LogP contribution is 2.36. The van der Waals surface area contributed by atoms with Gasteiger partial charge < -0.3 is 15.1 Å². The number of pyridine rings is 1. The number of nitrogens with zero attached hydrogens (tertiary/aromatic N) is 6. The molecule has 1 N–H and O–H groups in total. The number of hydrogen-bond acceptors (Lipinski definition) is 5. The number of amides is 2. The van der Waals surface area contributed by atoms with Crippen molar-refractivity contribution in [2.75, 3.05) is 46.7 Å². The quantitative estimate of drug-likeness (QED) is 0.649. The molecule has 1 saturated heterocycles. The molecule has 0 saturated carbocycles. The van der Waals surface area contributed by atoms with Gasteiger partial charge in [0.1, 0.15) is 0 Å². The van der Waals surface area contributed by atoms with Crippen LogP contribution in [0.2, 0.25) is 0 Å². The predicted molar refractivity (Wildman–Crippen MR) is 133 cm³/mol. The lowest BCUT2D eigenvalue weighted by atomic mass is 10.1. The number of aromatic nitrogens is 3. The monoisotopic (exact) mass is 445 g/mol. The second kappa shape index (κ2) is 8.77. The van der Waals surface area contributed by atoms with Gasteiger partial charge in [0.15, 0.2) is 5.82 Å². The van der Waals surface area contributed by atoms with Gasteiger partial charge in [-0.3, -0.25) is 9.58 Å². The Kier molecular flexibility index (Phi) is 5.66. The highest BCUT2D eigenvalue weighted by molar-refractivity contribution is 6.03. The molecule has 8 heteroatoms. The van der Waals surface area contributed by atoms with Crippen LogP contribution in [0.3, 0.4) is 0 Å². The van der Waals surface area contributed by atoms with Crippen LogP contribution in [0.15, 0.2) is 48.8 Å². The normalized spacial score (nSPS) is 18.3. The van der Waals surface area contributed by atoms with E-state index < -0.39 is 0 Å². The molecule has 0 radical (unpaired) electrons. The Morgan fingerprint density at radius 1 is 1.09 bits per heavy atom. The van der Waals surface area contributed by atoms with E-state index in [1.165, 1.54) is 18.5 Å². The Balaban J connectivity index is 1.52. The van der Waals surface area contributed by atoms with E-state index in [9.17, 15) is 4.79 Å². The molecule has 0 bridgehead atoms. The van der Waals surface area contributed by atoms with Gasteiger partial charge in [0.05, 0.1) is 23.3 Å². The lowest BCUT2D eigenvalue weighted by molar-refractivity contribution is 0.255. The molecule has 3 aromatic rings. The number of fused-ring (bicyclic) bond motifs is 1. The number of benzene rings is 1. The van der Waals surface area contributed by atoms with Crippen molar-refractivity contribution in [3.63, 3.8) is 0 Å². The summed E-state index contributed by atoms with van der Waals surface area (Å²) in [5.41, 5.74) is 4.80. The van der Waals surface area contributed by atoms with E-state index in [0.717, 1.165) is 43.0 Å². The first-order chi connectivity index (χ1) is 16.0. The number of carbonyl (C=O) groups is 1. The SMILES string of the molecule is C[C@@H]1CCN(C)c2ccc(-c3cccc(N4CCCC4)c3)nc2N1C(=O)Nc1cnn(C)c1. The highest BCUT2D eigenvalue weighted by atomic mass is 16.2. The summed E-state index contributed by atoms with van der Waals surface area (Å²) in [5.74, 6) is 0.688. The van der Waals surface area contributed by atoms with E-state index in [4.69, 9.17) is 4.98 Å². The number of hydrogen-bond donors (Lipinski definition) is 1. The summed E-state index contributed by atoms with van der Waals surface area (Å²) in [6.07, 6.45) is 6.79. The zero-order valence-electron chi connectivity index (χ0n) is 19.5. The number of anilines is 4. The van der Waals surface area contributed by atoms with Crippen molar-refractivity contribution >= 4 is 28.9 Å². The lowest BCUT2D eigenvalue weighted by Crippen LogP contribution is -2.42. The van der Waals surface area contributed by atoms with E-state index >= 15 is 0 Å². The van der Waals surface area contributed by atoms with Gasteiger partial charge in [-0.25, -0.2) is 9.78 Å². The van der Waals surface area contributed by atoms with Gasteiger partial charge in [-0.1, -0.05) is 12.1 Å². The molecule has 5 rings (SSSR count). The fraction of sp³-hybridized carbons (Fsp3) is 0.400. The molecule has 2 amide bonds. The summed E-state index contributed by atoms with van der Waals surface area (Å²) in [4.78, 5) is 24.8. The molecule has 2 aliphatic heterocycles. The minimum absolute atomic E-state index is 0.00376. The first kappa shape index (κ1) is 21.3. The van der Waals surface area contributed by atoms with Crippen LogP contribution in [0, 0.1) is 0 Å². The van der Waals surface area contributed by atoms with Gasteiger partial charge in [-0.2, -0.15) is 5.10 Å². The van der Waals surface area contributed by atoms with E-state index in [1.807, 2.05) is 7.05 Å². The molecule has 8 nitrogen and oxygen atoms in total. The van der Waals surface area contributed by atoms with Crippen LogP contribution in [-0.2, 0) is 7.05 Å². The molecule has 1 fully saturated rings. The second-order valence-electron chi connectivity index (χ2n) is 9.05. The van der Waals surface area contributed by atoms with Gasteiger partial charge >= 0.3 is 6.03 Å². The summed E-state index contributed by atoms with van der Waals surface area (Å²) in [6.45, 7) is 5.14. The van der Waals surface area contributed by atoms with Crippen LogP contribution in [0.4, 0.5) is 27.7 Å². The van der Waals surface area contributed by atoms with Crippen molar-refractivity contribution in [3.8, 4) is 11.3 Å². The third-order valence-corrected chi connectivity index (χ3v) is 6.61. The third-order valence-electron chi connectivity index (χ3n) is 6.61. The molecular formula is C25H31N7O. The van der Waals surface area contributed by atoms with Gasteiger partial charge in [-0.05, 0) is 50.5 Å². The zero-order valence-corrected chi connectivity index (χ0v) is 19.5. The average molecular weight is 446 g/mol. The van der Waals surface area contributed by atoms with Gasteiger partial charge in [0, 0.05) is 57.2 Å². The Bertz CT molecular complexity index is 1150. The van der Waals surface area contributed by atoms with Crippen LogP contribution in [0.5, 0.6) is 0 Å². The molecule has 4 heterocycles. The maximum Gasteiger partial charge on any atom is 0.327 e. The van der Waals surface area contributed by atoms with Crippen molar-refractivity contribution in [1.29, 1.82) is 0 Å². The van der Waals surface area contributed by atoms with E-state index in [2.05, 4.69) is 70.6 Å². The molecule has 172 valence electrons. The third kappa shape index (κ3) is 4.25. The summed E-state index contributed by atoms with van der Waals surface area (Å²) in [6, 6.07) is 12.5. The average Bonchev–Trinajstić information content (AvgIpc) is 3.47. The molecule has 1 aromatic carbocycles. The standard InChI is InChI=1S/C25H31N7O/c1-18-11-14-29(2)23-10-9-22(19-7-6-8-21(15-19)31-12-4-5-13-31)28-24(23)32(18)25(33)27-20-16-26-30(3)17-20/h6-10,15-18H,4-5,11-14H2,1-3H3,(H,27,33)/t18-/m1/s1. The van der Waals surface area contributed by atoms with Gasteiger partial charge in [0.2, 0.25) is 0 Å². The molecule has 0 spiro atoms. The number of rotatable bonds is 3. The lowest BCUT2D eigenvalue weighted by Gasteiger charge is -2.28. The Labute approximate surface area is 194 Å². The maximum absolute atomic E-state index is 13.4. The van der Waals surface area contributed by atoms with E-state index in [0.29, 0.717) is 11.5 Å². The summed E-state index contributed by atoms with van der Waals surface area (Å²) in [7, 11) is 3.89. The highest BCUT2D eigenvalue weighted by Gasteiger charge is 2.30. The first-order valence-electron chi connectivity index (χ1n) is 11.7. The first-order valence-corrected chi connectivity index (χ1v) is 11.7. The Morgan fingerprint density at radius 3 is 2.67 bits per heavy atom. The topological polar surface area (TPSA) is 69.5 Å². The predicted octanol–water partition coefficient (Wildman–Crippen LogP) is 4.35. The molecule has 2 aromatic heterocycles. The molecule has 0 aliphatic carbocycles. The summed E-state index contributed by atoms with van der Waals surface area (Å²) >= 11 is 0. The van der Waals surface area contributed by atoms with Crippen LogP contribution in [-0.4, -0.2) is 53.5 Å². The fourth-order valence-electron chi connectivity index (χ4n) is 4.72. The van der Waals surface area contributed by atoms with Gasteiger partial charge in [-0.15, -0.1) is 0 Å². The van der Waals surface area contributed by atoms with E-state index in [-0.39, 0.29) is 12.1 Å². The number of nitrogens with one attached hydrogen (secondary N) is 1. The maximum atomic E-state index is 13.4. The van der Waals surface area contributed by atoms with Crippen LogP contribution >= 0.6 is 0 Å². The molecule has 2 aliphatic rings. The molecule has 0 unspecified atom stereocenters. The van der Waals surface area contributed by atoms with Crippen LogP contribution < -0.4 is 20.0 Å². The largest absolute Gasteiger partial charge is 0.372 e. The van der Waals surface area contributed by atoms with Crippen molar-refractivity contribution in [1.82, 2.24) is 14.8 Å². The fourth-order valence-corrected chi connectivity index (χ4v) is 4.72. The van der Waals surface area contributed by atoms with Crippen molar-refractivity contribution in [3.05, 3.63) is 48.8 Å². The Morgan fingerprint density at radius 2 is 1.91 bits per heavy atom. The minimum atomic E-state index is -0.192. The number of carbonyl (C=O) groups excluding carboxylic acids is 1. The number of urea groups is 1. The molecular weight excluding hydrogens is 414 g/mol. The molecule has 1 atom stereocenters. The van der Waals surface area contributed by atoms with Gasteiger partial charge in [0.25, 0.3) is 0 Å². The number of aryl methyl sites for hydroxylation is 1. The smallest absolute Gasteiger partial charge is 0.327 e. The van der Waals surface area contributed by atoms with Crippen molar-refractivity contribution in [2.45, 2.75) is 32.2 Å². The molecule has 33 heavy (non-hydrogen) atoms. The second-order valence-corrected chi connectivity index (χ2v) is 9.05. The Hall–Kier alpha value is -3.55. The van der Waals surface area contributed by atoms with E-state index in [1.54, 1.807) is 22.0 Å². The van der Waals surface area contributed by atoms with Crippen LogP contribution in [0.1, 0.15) is 26.2 Å². The van der Waals surface area contributed by atoms with Crippen molar-refractivity contribution < 1.29 is 4.79 Å². The van der Waals surface area contributed by atoms with Crippen LogP contribution in [0.25, 0.3) is 11.3 Å². The zero-order chi connectivity index (χ0) is 22.9. The summed E-state index contributed by atoms with van der Waals surface area (Å²) < 4.78 is 1.67.